The number of carbonyl (C=O) groups is 2. The van der Waals surface area contributed by atoms with E-state index >= 15 is 0 Å². The van der Waals surface area contributed by atoms with Crippen LogP contribution in [0.2, 0.25) is 0 Å². The number of para-hydroxylation sites is 1. The van der Waals surface area contributed by atoms with Crippen LogP contribution < -0.4 is 11.3 Å². The molecule has 21 heavy (non-hydrogen) atoms. The number of amides is 1. The topological polar surface area (TPSA) is 88.6 Å². The monoisotopic (exact) mass is 287 g/mol. The summed E-state index contributed by atoms with van der Waals surface area (Å²) in [6.07, 6.45) is 1.13. The van der Waals surface area contributed by atoms with Crippen molar-refractivity contribution in [1.82, 2.24) is 10.3 Å². The quantitative estimate of drug-likeness (QED) is 0.503. The summed E-state index contributed by atoms with van der Waals surface area (Å²) in [5.74, 6) is 5.33. The van der Waals surface area contributed by atoms with Crippen molar-refractivity contribution in [3.05, 3.63) is 35.6 Å². The summed E-state index contributed by atoms with van der Waals surface area (Å²) in [7, 11) is 0. The first-order valence-electron chi connectivity index (χ1n) is 6.94. The van der Waals surface area contributed by atoms with Gasteiger partial charge < -0.3 is 4.42 Å². The van der Waals surface area contributed by atoms with Crippen LogP contribution in [0.4, 0.5) is 0 Å². The molecule has 0 radical (unpaired) electrons. The van der Waals surface area contributed by atoms with Gasteiger partial charge in [0.15, 0.2) is 5.76 Å². The molecule has 0 aliphatic carbocycles. The number of hydrogen-bond donors (Lipinski definition) is 2. The number of rotatable bonds is 3. The Labute approximate surface area is 121 Å². The molecular formula is C15H17N3O3. The minimum atomic E-state index is -0.436. The molecular weight excluding hydrogens is 270 g/mol. The van der Waals surface area contributed by atoms with Gasteiger partial charge in [-0.1, -0.05) is 18.2 Å². The highest BCUT2D eigenvalue weighted by atomic mass is 16.3. The molecule has 0 unspecified atom stereocenters. The number of hydrazine groups is 1. The Bertz CT molecular complexity index is 683. The maximum atomic E-state index is 11.9. The molecule has 2 heterocycles. The van der Waals surface area contributed by atoms with Gasteiger partial charge in [0.05, 0.1) is 0 Å². The number of furan rings is 1. The highest BCUT2D eigenvalue weighted by Gasteiger charge is 2.23. The molecule has 3 N–H and O–H groups in total. The Kier molecular flexibility index (Phi) is 3.72. The van der Waals surface area contributed by atoms with Gasteiger partial charge in [0.2, 0.25) is 0 Å². The fourth-order valence-electron chi connectivity index (χ4n) is 2.69. The van der Waals surface area contributed by atoms with Crippen molar-refractivity contribution in [1.29, 1.82) is 0 Å². The van der Waals surface area contributed by atoms with Crippen LogP contribution in [0.1, 0.15) is 29.0 Å². The smallest absolute Gasteiger partial charge is 0.301 e. The normalized spacial score (nSPS) is 16.3. The van der Waals surface area contributed by atoms with Crippen LogP contribution in [0.15, 0.2) is 28.7 Å². The number of carbonyl (C=O) groups excluding carboxylic acids is 2. The predicted molar refractivity (Wildman–Crippen MR) is 77.4 cm³/mol. The molecule has 1 aliphatic rings. The summed E-state index contributed by atoms with van der Waals surface area (Å²) in [5, 5.41) is 0.910. The fraction of sp³-hybridized carbons (Fsp3) is 0.333. The average Bonchev–Trinajstić information content (AvgIpc) is 2.88. The number of Topliss-reactive ketones (excluding diaryl/α,β-unsaturated/α-hetero) is 1. The van der Waals surface area contributed by atoms with Gasteiger partial charge >= 0.3 is 5.91 Å². The molecule has 6 heteroatoms. The van der Waals surface area contributed by atoms with Crippen LogP contribution in [-0.2, 0) is 11.3 Å². The molecule has 1 aliphatic heterocycles. The molecule has 3 rings (SSSR count). The predicted octanol–water partition coefficient (Wildman–Crippen LogP) is 1.20. The SMILES string of the molecule is NNC(=O)c1oc2ccccc2c1CN1CCC(=O)CC1. The number of nitrogens with two attached hydrogens (primary N) is 1. The number of nitrogens with one attached hydrogen (secondary N) is 1. The highest BCUT2D eigenvalue weighted by Crippen LogP contribution is 2.27. The van der Waals surface area contributed by atoms with Gasteiger partial charge in [-0.3, -0.25) is 19.9 Å². The Morgan fingerprint density at radius 2 is 2.00 bits per heavy atom. The van der Waals surface area contributed by atoms with E-state index < -0.39 is 5.91 Å². The van der Waals surface area contributed by atoms with Crippen LogP contribution in [-0.4, -0.2) is 29.7 Å². The molecule has 2 aromatic rings. The van der Waals surface area contributed by atoms with Crippen molar-refractivity contribution in [3.8, 4) is 0 Å². The van der Waals surface area contributed by atoms with Gasteiger partial charge in [-0.2, -0.15) is 0 Å². The number of fused-ring (bicyclic) bond motifs is 1. The second kappa shape index (κ2) is 5.67. The summed E-state index contributed by atoms with van der Waals surface area (Å²) in [6, 6.07) is 7.52. The van der Waals surface area contributed by atoms with Gasteiger partial charge in [0, 0.05) is 43.4 Å². The Morgan fingerprint density at radius 1 is 1.29 bits per heavy atom. The molecule has 1 aromatic heterocycles. The van der Waals surface area contributed by atoms with E-state index in [1.807, 2.05) is 24.3 Å². The minimum Gasteiger partial charge on any atom is -0.451 e. The van der Waals surface area contributed by atoms with E-state index in [1.54, 1.807) is 0 Å². The van der Waals surface area contributed by atoms with Gasteiger partial charge in [0.1, 0.15) is 11.4 Å². The Morgan fingerprint density at radius 3 is 2.71 bits per heavy atom. The zero-order valence-electron chi connectivity index (χ0n) is 11.6. The van der Waals surface area contributed by atoms with E-state index in [1.165, 1.54) is 0 Å². The van der Waals surface area contributed by atoms with Gasteiger partial charge in [0.25, 0.3) is 0 Å². The van der Waals surface area contributed by atoms with Crippen molar-refractivity contribution in [2.75, 3.05) is 13.1 Å². The van der Waals surface area contributed by atoms with E-state index in [9.17, 15) is 9.59 Å². The number of nitrogens with zero attached hydrogens (tertiary/aromatic N) is 1. The zero-order valence-corrected chi connectivity index (χ0v) is 11.6. The third-order valence-electron chi connectivity index (χ3n) is 3.83. The van der Waals surface area contributed by atoms with Crippen LogP contribution >= 0.6 is 0 Å². The molecule has 0 atom stereocenters. The molecule has 0 saturated carbocycles. The largest absolute Gasteiger partial charge is 0.451 e. The van der Waals surface area contributed by atoms with Gasteiger partial charge in [-0.05, 0) is 6.07 Å². The van der Waals surface area contributed by atoms with Crippen molar-refractivity contribution in [3.63, 3.8) is 0 Å². The van der Waals surface area contributed by atoms with E-state index in [4.69, 9.17) is 10.3 Å². The molecule has 110 valence electrons. The van der Waals surface area contributed by atoms with E-state index in [-0.39, 0.29) is 5.76 Å². The van der Waals surface area contributed by atoms with Crippen molar-refractivity contribution in [2.45, 2.75) is 19.4 Å². The first-order valence-corrected chi connectivity index (χ1v) is 6.94. The van der Waals surface area contributed by atoms with Gasteiger partial charge in [-0.25, -0.2) is 5.84 Å². The first kappa shape index (κ1) is 13.8. The summed E-state index contributed by atoms with van der Waals surface area (Å²) in [6.45, 7) is 2.00. The van der Waals surface area contributed by atoms with Crippen LogP contribution in [0.25, 0.3) is 11.0 Å². The number of likely N-dealkylation sites (tertiary alicyclic amines) is 1. The van der Waals surface area contributed by atoms with Gasteiger partial charge in [-0.15, -0.1) is 0 Å². The Hall–Kier alpha value is -2.18. The first-order chi connectivity index (χ1) is 10.2. The summed E-state index contributed by atoms with van der Waals surface area (Å²) in [4.78, 5) is 25.4. The fourth-order valence-corrected chi connectivity index (χ4v) is 2.69. The van der Waals surface area contributed by atoms with Crippen LogP contribution in [0, 0.1) is 0 Å². The number of nitrogen functional groups attached to an aromatic ring is 1. The summed E-state index contributed by atoms with van der Waals surface area (Å²) >= 11 is 0. The third-order valence-corrected chi connectivity index (χ3v) is 3.83. The van der Waals surface area contributed by atoms with Crippen molar-refractivity contribution < 1.29 is 14.0 Å². The second-order valence-electron chi connectivity index (χ2n) is 5.19. The van der Waals surface area contributed by atoms with E-state index in [0.717, 1.165) is 10.9 Å². The number of ketones is 1. The van der Waals surface area contributed by atoms with Crippen molar-refractivity contribution >= 4 is 22.7 Å². The zero-order chi connectivity index (χ0) is 14.8. The lowest BCUT2D eigenvalue weighted by atomic mass is 10.1. The highest BCUT2D eigenvalue weighted by molar-refractivity contribution is 5.98. The number of hydrogen-bond acceptors (Lipinski definition) is 5. The van der Waals surface area contributed by atoms with Crippen molar-refractivity contribution in [2.24, 2.45) is 5.84 Å². The molecule has 1 saturated heterocycles. The minimum absolute atomic E-state index is 0.246. The number of piperidine rings is 1. The second-order valence-corrected chi connectivity index (χ2v) is 5.19. The lowest BCUT2D eigenvalue weighted by Crippen LogP contribution is -2.35. The maximum Gasteiger partial charge on any atom is 0.301 e. The lowest BCUT2D eigenvalue weighted by molar-refractivity contribution is -0.121. The average molecular weight is 287 g/mol. The molecule has 1 fully saturated rings. The van der Waals surface area contributed by atoms with E-state index in [2.05, 4.69) is 10.3 Å². The molecule has 1 amide bonds. The third kappa shape index (κ3) is 2.68. The van der Waals surface area contributed by atoms with E-state index in [0.29, 0.717) is 43.8 Å². The maximum absolute atomic E-state index is 11.9. The molecule has 1 aromatic carbocycles. The summed E-state index contributed by atoms with van der Waals surface area (Å²) in [5.41, 5.74) is 3.61. The summed E-state index contributed by atoms with van der Waals surface area (Å²) < 4.78 is 5.63. The number of benzene rings is 1. The van der Waals surface area contributed by atoms with Crippen LogP contribution in [0.3, 0.4) is 0 Å². The molecule has 0 spiro atoms. The Balaban J connectivity index is 1.95. The standard InChI is InChI=1S/C15H17N3O3/c16-17-15(20)14-12(9-18-7-5-10(19)6-8-18)11-3-1-2-4-13(11)21-14/h1-4H,5-9,16H2,(H,17,20). The lowest BCUT2D eigenvalue weighted by Gasteiger charge is -2.25. The molecule has 0 bridgehead atoms. The van der Waals surface area contributed by atoms with Crippen LogP contribution in [0.5, 0.6) is 0 Å². The molecule has 6 nitrogen and oxygen atoms in total.